The average molecular weight is 328 g/mol. The molecule has 5 heteroatoms. The van der Waals surface area contributed by atoms with Gasteiger partial charge in [0.2, 0.25) is 5.91 Å². The molecule has 1 atom stereocenters. The van der Waals surface area contributed by atoms with Gasteiger partial charge in [0.25, 0.3) is 5.91 Å². The van der Waals surface area contributed by atoms with Crippen molar-refractivity contribution < 1.29 is 14.0 Å². The number of hydrogen-bond acceptors (Lipinski definition) is 2. The standard InChI is InChI=1S/C19H21FN2O2/c1-12-4-5-13(2)17(10-12)14(3)22-18(23)11-21-19(24)15-6-8-16(20)9-7-15/h4-10,14H,11H2,1-3H3,(H,21,24)(H,22,23). The number of rotatable bonds is 5. The Morgan fingerprint density at radius 1 is 1.08 bits per heavy atom. The van der Waals surface area contributed by atoms with Crippen LogP contribution in [0.1, 0.15) is 40.0 Å². The minimum Gasteiger partial charge on any atom is -0.348 e. The van der Waals surface area contributed by atoms with Gasteiger partial charge in [-0.05, 0) is 56.2 Å². The number of halogens is 1. The lowest BCUT2D eigenvalue weighted by molar-refractivity contribution is -0.120. The van der Waals surface area contributed by atoms with Gasteiger partial charge in [0.05, 0.1) is 12.6 Å². The lowest BCUT2D eigenvalue weighted by atomic mass is 10.00. The van der Waals surface area contributed by atoms with Crippen molar-refractivity contribution in [3.63, 3.8) is 0 Å². The molecule has 0 bridgehead atoms. The number of nitrogens with one attached hydrogen (secondary N) is 2. The van der Waals surface area contributed by atoms with Crippen molar-refractivity contribution in [2.24, 2.45) is 0 Å². The summed E-state index contributed by atoms with van der Waals surface area (Å²) >= 11 is 0. The summed E-state index contributed by atoms with van der Waals surface area (Å²) in [7, 11) is 0. The van der Waals surface area contributed by atoms with Crippen molar-refractivity contribution in [3.05, 3.63) is 70.5 Å². The molecule has 0 aliphatic rings. The van der Waals surface area contributed by atoms with Gasteiger partial charge in [-0.3, -0.25) is 9.59 Å². The molecule has 2 aromatic carbocycles. The summed E-state index contributed by atoms with van der Waals surface area (Å²) < 4.78 is 12.8. The Morgan fingerprint density at radius 2 is 1.75 bits per heavy atom. The van der Waals surface area contributed by atoms with Crippen molar-refractivity contribution >= 4 is 11.8 Å². The third-order valence-corrected chi connectivity index (χ3v) is 3.79. The van der Waals surface area contributed by atoms with E-state index in [1.54, 1.807) is 0 Å². The molecule has 0 heterocycles. The second-order valence-corrected chi connectivity index (χ2v) is 5.84. The maximum Gasteiger partial charge on any atom is 0.251 e. The third kappa shape index (κ3) is 4.65. The van der Waals surface area contributed by atoms with Gasteiger partial charge >= 0.3 is 0 Å². The van der Waals surface area contributed by atoms with E-state index in [9.17, 15) is 14.0 Å². The number of amides is 2. The predicted octanol–water partition coefficient (Wildman–Crippen LogP) is 3.05. The van der Waals surface area contributed by atoms with Gasteiger partial charge in [0.1, 0.15) is 5.82 Å². The van der Waals surface area contributed by atoms with Gasteiger partial charge in [0.15, 0.2) is 0 Å². The maximum atomic E-state index is 12.8. The molecule has 2 aromatic rings. The second kappa shape index (κ2) is 7.73. The molecule has 0 aliphatic carbocycles. The fourth-order valence-corrected chi connectivity index (χ4v) is 2.46. The van der Waals surface area contributed by atoms with E-state index < -0.39 is 11.7 Å². The zero-order chi connectivity index (χ0) is 17.7. The highest BCUT2D eigenvalue weighted by Crippen LogP contribution is 2.18. The molecule has 0 saturated carbocycles. The Bertz CT molecular complexity index is 742. The van der Waals surface area contributed by atoms with Gasteiger partial charge in [-0.1, -0.05) is 23.8 Å². The van der Waals surface area contributed by atoms with Crippen LogP contribution in [0.25, 0.3) is 0 Å². The molecule has 0 spiro atoms. The summed E-state index contributed by atoms with van der Waals surface area (Å²) in [6, 6.07) is 11.1. The Labute approximate surface area is 141 Å². The van der Waals surface area contributed by atoms with Crippen LogP contribution in [-0.2, 0) is 4.79 Å². The molecule has 1 unspecified atom stereocenters. The van der Waals surface area contributed by atoms with Gasteiger partial charge in [-0.2, -0.15) is 0 Å². The average Bonchev–Trinajstić information content (AvgIpc) is 2.55. The molecule has 2 rings (SSSR count). The summed E-state index contributed by atoms with van der Waals surface area (Å²) in [6.07, 6.45) is 0. The summed E-state index contributed by atoms with van der Waals surface area (Å²) in [5.41, 5.74) is 3.59. The first-order valence-corrected chi connectivity index (χ1v) is 7.77. The predicted molar refractivity (Wildman–Crippen MR) is 91.2 cm³/mol. The smallest absolute Gasteiger partial charge is 0.251 e. The van der Waals surface area contributed by atoms with E-state index in [1.807, 2.05) is 39.0 Å². The number of carbonyl (C=O) groups is 2. The molecule has 4 nitrogen and oxygen atoms in total. The zero-order valence-corrected chi connectivity index (χ0v) is 14.0. The summed E-state index contributed by atoms with van der Waals surface area (Å²) in [6.45, 7) is 5.76. The Hall–Kier alpha value is -2.69. The molecule has 0 aliphatic heterocycles. The fourth-order valence-electron chi connectivity index (χ4n) is 2.46. The number of carbonyl (C=O) groups excluding carboxylic acids is 2. The zero-order valence-electron chi connectivity index (χ0n) is 14.0. The van der Waals surface area contributed by atoms with Crippen LogP contribution in [-0.4, -0.2) is 18.4 Å². The van der Waals surface area contributed by atoms with E-state index in [0.717, 1.165) is 16.7 Å². The van der Waals surface area contributed by atoms with Gasteiger partial charge in [-0.15, -0.1) is 0 Å². The molecule has 2 amide bonds. The Kier molecular flexibility index (Phi) is 5.68. The summed E-state index contributed by atoms with van der Waals surface area (Å²) in [5, 5.41) is 5.39. The number of aryl methyl sites for hydroxylation is 2. The molecule has 0 aromatic heterocycles. The summed E-state index contributed by atoms with van der Waals surface area (Å²) in [5.74, 6) is -1.10. The third-order valence-electron chi connectivity index (χ3n) is 3.79. The highest BCUT2D eigenvalue weighted by Gasteiger charge is 2.13. The SMILES string of the molecule is Cc1ccc(C)c(C(C)NC(=O)CNC(=O)c2ccc(F)cc2)c1. The van der Waals surface area contributed by atoms with E-state index in [-0.39, 0.29) is 18.5 Å². The minimum atomic E-state index is -0.412. The quantitative estimate of drug-likeness (QED) is 0.886. The molecule has 2 N–H and O–H groups in total. The van der Waals surface area contributed by atoms with Crippen molar-refractivity contribution in [3.8, 4) is 0 Å². The molecule has 126 valence electrons. The van der Waals surface area contributed by atoms with Crippen LogP contribution in [0.15, 0.2) is 42.5 Å². The molecular formula is C19H21FN2O2. The highest BCUT2D eigenvalue weighted by atomic mass is 19.1. The lowest BCUT2D eigenvalue weighted by Gasteiger charge is -2.17. The first-order chi connectivity index (χ1) is 11.4. The van der Waals surface area contributed by atoms with Gasteiger partial charge in [-0.25, -0.2) is 4.39 Å². The van der Waals surface area contributed by atoms with Crippen LogP contribution >= 0.6 is 0 Å². The largest absolute Gasteiger partial charge is 0.348 e. The van der Waals surface area contributed by atoms with Crippen molar-refractivity contribution in [2.75, 3.05) is 6.54 Å². The fraction of sp³-hybridized carbons (Fsp3) is 0.263. The van der Waals surface area contributed by atoms with Crippen LogP contribution in [0.2, 0.25) is 0 Å². The lowest BCUT2D eigenvalue weighted by Crippen LogP contribution is -2.38. The highest BCUT2D eigenvalue weighted by molar-refractivity contribution is 5.96. The van der Waals surface area contributed by atoms with Crippen LogP contribution < -0.4 is 10.6 Å². The van der Waals surface area contributed by atoms with E-state index in [2.05, 4.69) is 10.6 Å². The molecule has 24 heavy (non-hydrogen) atoms. The molecule has 0 saturated heterocycles. The van der Waals surface area contributed by atoms with Crippen LogP contribution in [0.5, 0.6) is 0 Å². The number of hydrogen-bond donors (Lipinski definition) is 2. The first kappa shape index (κ1) is 17.7. The normalized spacial score (nSPS) is 11.7. The van der Waals surface area contributed by atoms with E-state index in [1.165, 1.54) is 24.3 Å². The number of benzene rings is 2. The van der Waals surface area contributed by atoms with Crippen molar-refractivity contribution in [1.82, 2.24) is 10.6 Å². The van der Waals surface area contributed by atoms with Crippen molar-refractivity contribution in [1.29, 1.82) is 0 Å². The summed E-state index contributed by atoms with van der Waals surface area (Å²) in [4.78, 5) is 23.9. The Balaban J connectivity index is 1.89. The van der Waals surface area contributed by atoms with E-state index >= 15 is 0 Å². The van der Waals surface area contributed by atoms with Crippen LogP contribution in [0, 0.1) is 19.7 Å². The topological polar surface area (TPSA) is 58.2 Å². The molecule has 0 radical (unpaired) electrons. The second-order valence-electron chi connectivity index (χ2n) is 5.84. The monoisotopic (exact) mass is 328 g/mol. The molecular weight excluding hydrogens is 307 g/mol. The van der Waals surface area contributed by atoms with Crippen LogP contribution in [0.4, 0.5) is 4.39 Å². The van der Waals surface area contributed by atoms with E-state index in [0.29, 0.717) is 5.56 Å². The van der Waals surface area contributed by atoms with Gasteiger partial charge < -0.3 is 10.6 Å². The van der Waals surface area contributed by atoms with E-state index in [4.69, 9.17) is 0 Å². The van der Waals surface area contributed by atoms with Crippen molar-refractivity contribution in [2.45, 2.75) is 26.8 Å². The first-order valence-electron chi connectivity index (χ1n) is 7.77. The molecule has 0 fully saturated rings. The Morgan fingerprint density at radius 3 is 2.42 bits per heavy atom. The maximum absolute atomic E-state index is 12.8. The minimum absolute atomic E-state index is 0.134. The van der Waals surface area contributed by atoms with Gasteiger partial charge in [0, 0.05) is 5.56 Å². The van der Waals surface area contributed by atoms with Crippen LogP contribution in [0.3, 0.4) is 0 Å².